The van der Waals surface area contributed by atoms with E-state index in [1.165, 1.54) is 6.07 Å². The van der Waals surface area contributed by atoms with Crippen LogP contribution in [0.25, 0.3) is 11.4 Å². The lowest BCUT2D eigenvalue weighted by atomic mass is 10.2. The Morgan fingerprint density at radius 1 is 1.07 bits per heavy atom. The van der Waals surface area contributed by atoms with Crippen LogP contribution in [0, 0.1) is 12.7 Å². The molecule has 1 amide bonds. The number of aryl methyl sites for hydroxylation is 1. The minimum atomic E-state index is -0.357. The molecule has 0 atom stereocenters. The van der Waals surface area contributed by atoms with Crippen molar-refractivity contribution >= 4 is 11.6 Å². The summed E-state index contributed by atoms with van der Waals surface area (Å²) >= 11 is 0. The van der Waals surface area contributed by atoms with Crippen molar-refractivity contribution in [2.24, 2.45) is 0 Å². The largest absolute Gasteiger partial charge is 0.321 e. The van der Waals surface area contributed by atoms with Gasteiger partial charge in [-0.15, -0.1) is 0 Å². The number of nitrogens with zero attached hydrogens (tertiary/aromatic N) is 4. The Balaban J connectivity index is 1.48. The van der Waals surface area contributed by atoms with E-state index in [0.717, 1.165) is 41.9 Å². The summed E-state index contributed by atoms with van der Waals surface area (Å²) in [6, 6.07) is 15.9. The lowest BCUT2D eigenvalue weighted by molar-refractivity contribution is 0.102. The smallest absolute Gasteiger partial charge is 0.276 e. The zero-order valence-corrected chi connectivity index (χ0v) is 16.5. The van der Waals surface area contributed by atoms with Gasteiger partial charge in [-0.3, -0.25) is 4.79 Å². The Hall–Kier alpha value is -3.74. The molecule has 4 aromatic rings. The Labute approximate surface area is 173 Å². The Kier molecular flexibility index (Phi) is 4.43. The van der Waals surface area contributed by atoms with E-state index in [4.69, 9.17) is 0 Å². The molecule has 0 saturated heterocycles. The highest BCUT2D eigenvalue weighted by atomic mass is 19.1. The maximum Gasteiger partial charge on any atom is 0.276 e. The summed E-state index contributed by atoms with van der Waals surface area (Å²) in [6.45, 7) is 1.97. The van der Waals surface area contributed by atoms with Crippen LogP contribution in [0.4, 0.5) is 10.1 Å². The molecule has 5 rings (SSSR count). The molecule has 2 aromatic carbocycles. The molecule has 0 aliphatic heterocycles. The van der Waals surface area contributed by atoms with Crippen LogP contribution in [0.5, 0.6) is 0 Å². The number of carbonyl (C=O) groups is 1. The summed E-state index contributed by atoms with van der Waals surface area (Å²) in [6.07, 6.45) is 4.20. The molecule has 1 N–H and O–H groups in total. The highest BCUT2D eigenvalue weighted by molar-refractivity contribution is 6.04. The van der Waals surface area contributed by atoms with Crippen LogP contribution in [0.1, 0.15) is 33.9 Å². The van der Waals surface area contributed by atoms with Crippen molar-refractivity contribution in [3.63, 3.8) is 0 Å². The van der Waals surface area contributed by atoms with Crippen LogP contribution in [-0.2, 0) is 12.8 Å². The van der Waals surface area contributed by atoms with E-state index in [2.05, 4.69) is 15.5 Å². The minimum Gasteiger partial charge on any atom is -0.321 e. The van der Waals surface area contributed by atoms with Gasteiger partial charge in [0.2, 0.25) is 0 Å². The first-order valence-corrected chi connectivity index (χ1v) is 9.90. The van der Waals surface area contributed by atoms with Gasteiger partial charge in [0.15, 0.2) is 5.69 Å². The average Bonchev–Trinajstić information content (AvgIpc) is 3.45. The van der Waals surface area contributed by atoms with Gasteiger partial charge in [-0.25, -0.2) is 13.8 Å². The van der Waals surface area contributed by atoms with Gasteiger partial charge in [0, 0.05) is 28.8 Å². The number of amides is 1. The van der Waals surface area contributed by atoms with E-state index in [1.807, 2.05) is 37.3 Å². The lowest BCUT2D eigenvalue weighted by Gasteiger charge is -2.09. The molecule has 150 valence electrons. The molecule has 0 unspecified atom stereocenters. The molecule has 30 heavy (non-hydrogen) atoms. The number of fused-ring (bicyclic) bond motifs is 1. The van der Waals surface area contributed by atoms with Crippen LogP contribution in [0.15, 0.2) is 60.8 Å². The van der Waals surface area contributed by atoms with E-state index in [0.29, 0.717) is 17.1 Å². The SMILES string of the molecule is Cc1ccnn1-c1cccc(NC(=O)c2nn(-c3ccccc3F)c3c2CCC3)c1. The van der Waals surface area contributed by atoms with Gasteiger partial charge in [-0.1, -0.05) is 18.2 Å². The number of anilines is 1. The fourth-order valence-electron chi connectivity index (χ4n) is 3.99. The minimum absolute atomic E-state index is 0.294. The van der Waals surface area contributed by atoms with Crippen LogP contribution >= 0.6 is 0 Å². The van der Waals surface area contributed by atoms with Gasteiger partial charge in [-0.05, 0) is 62.6 Å². The zero-order valence-electron chi connectivity index (χ0n) is 16.5. The van der Waals surface area contributed by atoms with E-state index < -0.39 is 0 Å². The maximum atomic E-state index is 14.3. The zero-order chi connectivity index (χ0) is 20.7. The van der Waals surface area contributed by atoms with Crippen molar-refractivity contribution in [1.82, 2.24) is 19.6 Å². The van der Waals surface area contributed by atoms with Crippen molar-refractivity contribution in [3.8, 4) is 11.4 Å². The second kappa shape index (κ2) is 7.26. The van der Waals surface area contributed by atoms with Crippen LogP contribution in [-0.4, -0.2) is 25.5 Å². The summed E-state index contributed by atoms with van der Waals surface area (Å²) in [5, 5.41) is 11.7. The van der Waals surface area contributed by atoms with Gasteiger partial charge < -0.3 is 5.32 Å². The van der Waals surface area contributed by atoms with E-state index in [1.54, 1.807) is 33.8 Å². The third kappa shape index (κ3) is 3.08. The quantitative estimate of drug-likeness (QED) is 0.556. The molecule has 6 nitrogen and oxygen atoms in total. The highest BCUT2D eigenvalue weighted by Crippen LogP contribution is 2.29. The van der Waals surface area contributed by atoms with Gasteiger partial charge in [-0.2, -0.15) is 10.2 Å². The first-order valence-electron chi connectivity index (χ1n) is 9.90. The predicted octanol–water partition coefficient (Wildman–Crippen LogP) is 4.25. The summed E-state index contributed by atoms with van der Waals surface area (Å²) < 4.78 is 17.7. The number of para-hydroxylation sites is 1. The third-order valence-electron chi connectivity index (χ3n) is 5.41. The lowest BCUT2D eigenvalue weighted by Crippen LogP contribution is -2.15. The molecule has 0 radical (unpaired) electrons. The molecular weight excluding hydrogens is 381 g/mol. The number of halogens is 1. The second-order valence-corrected chi connectivity index (χ2v) is 7.38. The number of hydrogen-bond donors (Lipinski definition) is 1. The number of aromatic nitrogens is 4. The van der Waals surface area contributed by atoms with Crippen LogP contribution in [0.2, 0.25) is 0 Å². The first-order chi connectivity index (χ1) is 14.6. The van der Waals surface area contributed by atoms with Gasteiger partial charge >= 0.3 is 0 Å². The number of nitrogens with one attached hydrogen (secondary N) is 1. The van der Waals surface area contributed by atoms with Gasteiger partial charge in [0.1, 0.15) is 11.5 Å². The summed E-state index contributed by atoms with van der Waals surface area (Å²) in [5.41, 5.74) is 5.04. The van der Waals surface area contributed by atoms with E-state index >= 15 is 0 Å². The predicted molar refractivity (Wildman–Crippen MR) is 112 cm³/mol. The van der Waals surface area contributed by atoms with Crippen LogP contribution in [0.3, 0.4) is 0 Å². The topological polar surface area (TPSA) is 64.7 Å². The van der Waals surface area contributed by atoms with Crippen molar-refractivity contribution < 1.29 is 9.18 Å². The summed E-state index contributed by atoms with van der Waals surface area (Å²) in [4.78, 5) is 13.1. The Bertz CT molecular complexity index is 1260. The molecular formula is C23H20FN5O. The molecule has 0 fully saturated rings. The number of hydrogen-bond acceptors (Lipinski definition) is 3. The van der Waals surface area contributed by atoms with E-state index in [-0.39, 0.29) is 11.7 Å². The van der Waals surface area contributed by atoms with Crippen molar-refractivity contribution in [1.29, 1.82) is 0 Å². The van der Waals surface area contributed by atoms with Gasteiger partial charge in [0.25, 0.3) is 5.91 Å². The molecule has 0 bridgehead atoms. The number of rotatable bonds is 4. The third-order valence-corrected chi connectivity index (χ3v) is 5.41. The molecule has 7 heteroatoms. The maximum absolute atomic E-state index is 14.3. The standard InChI is InChI=1S/C23H20FN5O/c1-15-12-13-25-28(15)17-7-4-6-16(14-17)26-23(30)22-18-8-5-11-20(18)29(27-22)21-10-3-2-9-19(21)24/h2-4,6-7,9-10,12-14H,5,8,11H2,1H3,(H,26,30). The monoisotopic (exact) mass is 401 g/mol. The Morgan fingerprint density at radius 2 is 1.93 bits per heavy atom. The highest BCUT2D eigenvalue weighted by Gasteiger charge is 2.27. The fraction of sp³-hybridized carbons (Fsp3) is 0.174. The number of carbonyl (C=O) groups excluding carboxylic acids is 1. The second-order valence-electron chi connectivity index (χ2n) is 7.38. The fourth-order valence-corrected chi connectivity index (χ4v) is 3.99. The number of benzene rings is 2. The van der Waals surface area contributed by atoms with Crippen molar-refractivity contribution in [2.75, 3.05) is 5.32 Å². The van der Waals surface area contributed by atoms with Gasteiger partial charge in [0.05, 0.1) is 5.69 Å². The molecule has 0 saturated carbocycles. The molecule has 2 heterocycles. The van der Waals surface area contributed by atoms with Crippen LogP contribution < -0.4 is 5.32 Å². The normalized spacial score (nSPS) is 12.7. The average molecular weight is 401 g/mol. The Morgan fingerprint density at radius 3 is 2.73 bits per heavy atom. The first kappa shape index (κ1) is 18.3. The molecule has 1 aliphatic rings. The summed E-state index contributed by atoms with van der Waals surface area (Å²) in [5.74, 6) is -0.651. The summed E-state index contributed by atoms with van der Waals surface area (Å²) in [7, 11) is 0. The van der Waals surface area contributed by atoms with Crippen molar-refractivity contribution in [2.45, 2.75) is 26.2 Å². The molecule has 1 aliphatic carbocycles. The van der Waals surface area contributed by atoms with Crippen molar-refractivity contribution in [3.05, 3.63) is 89.3 Å². The molecule has 0 spiro atoms. The van der Waals surface area contributed by atoms with E-state index in [9.17, 15) is 9.18 Å². The molecule has 2 aromatic heterocycles.